The molecule has 1 aliphatic rings. The van der Waals surface area contributed by atoms with Gasteiger partial charge in [0, 0.05) is 43.1 Å². The summed E-state index contributed by atoms with van der Waals surface area (Å²) in [4.78, 5) is 13.2. The van der Waals surface area contributed by atoms with E-state index in [9.17, 15) is 4.39 Å². The first-order valence-electron chi connectivity index (χ1n) is 9.21. The fraction of sp³-hybridized carbons (Fsp3) is 0.238. The number of rotatable bonds is 4. The highest BCUT2D eigenvalue weighted by molar-refractivity contribution is 6.30. The van der Waals surface area contributed by atoms with Gasteiger partial charge in [-0.25, -0.2) is 9.37 Å². The third-order valence-electron chi connectivity index (χ3n) is 4.86. The quantitative estimate of drug-likeness (QED) is 0.694. The van der Waals surface area contributed by atoms with Gasteiger partial charge < -0.3 is 15.1 Å². The Morgan fingerprint density at radius 3 is 2.54 bits per heavy atom. The molecule has 7 heteroatoms. The Balaban J connectivity index is 1.45. The average Bonchev–Trinajstić information content (AvgIpc) is 2.72. The van der Waals surface area contributed by atoms with E-state index < -0.39 is 0 Å². The molecule has 1 aliphatic heterocycles. The molecule has 2 aromatic carbocycles. The van der Waals surface area contributed by atoms with Crippen LogP contribution in [-0.2, 0) is 0 Å². The molecule has 144 valence electrons. The van der Waals surface area contributed by atoms with E-state index in [1.165, 1.54) is 6.07 Å². The van der Waals surface area contributed by atoms with Crippen molar-refractivity contribution in [1.29, 1.82) is 0 Å². The fourth-order valence-corrected chi connectivity index (χ4v) is 3.46. The molecule has 1 saturated heterocycles. The van der Waals surface area contributed by atoms with Crippen LogP contribution in [0.1, 0.15) is 5.56 Å². The maximum Gasteiger partial charge on any atom is 0.227 e. The largest absolute Gasteiger partial charge is 0.366 e. The molecule has 0 amide bonds. The molecule has 0 aliphatic carbocycles. The third-order valence-corrected chi connectivity index (χ3v) is 5.10. The number of nitrogens with one attached hydrogen (secondary N) is 1. The normalized spacial score (nSPS) is 14.2. The number of hydrogen-bond donors (Lipinski definition) is 1. The molecule has 0 saturated carbocycles. The number of aromatic nitrogens is 2. The van der Waals surface area contributed by atoms with E-state index in [-0.39, 0.29) is 5.82 Å². The zero-order chi connectivity index (χ0) is 19.5. The lowest BCUT2D eigenvalue weighted by atomic mass is 10.2. The summed E-state index contributed by atoms with van der Waals surface area (Å²) >= 11 is 6.10. The average molecular weight is 398 g/mol. The van der Waals surface area contributed by atoms with Gasteiger partial charge in [0.1, 0.15) is 11.6 Å². The van der Waals surface area contributed by atoms with Crippen LogP contribution < -0.4 is 15.1 Å². The van der Waals surface area contributed by atoms with Gasteiger partial charge in [-0.3, -0.25) is 0 Å². The predicted molar refractivity (Wildman–Crippen MR) is 112 cm³/mol. The van der Waals surface area contributed by atoms with E-state index in [2.05, 4.69) is 25.1 Å². The first kappa shape index (κ1) is 18.5. The summed E-state index contributed by atoms with van der Waals surface area (Å²) in [6.07, 6.45) is 1.74. The Morgan fingerprint density at radius 2 is 1.75 bits per heavy atom. The van der Waals surface area contributed by atoms with E-state index in [0.29, 0.717) is 22.5 Å². The van der Waals surface area contributed by atoms with Crippen molar-refractivity contribution in [1.82, 2.24) is 9.97 Å². The number of aryl methyl sites for hydroxylation is 1. The lowest BCUT2D eigenvalue weighted by Crippen LogP contribution is -2.47. The number of halogens is 2. The van der Waals surface area contributed by atoms with Crippen molar-refractivity contribution in [3.8, 4) is 0 Å². The second-order valence-corrected chi connectivity index (χ2v) is 7.19. The predicted octanol–water partition coefficient (Wildman–Crippen LogP) is 4.65. The summed E-state index contributed by atoms with van der Waals surface area (Å²) in [7, 11) is 0. The van der Waals surface area contributed by atoms with Crippen molar-refractivity contribution < 1.29 is 4.39 Å². The van der Waals surface area contributed by atoms with Gasteiger partial charge in [0.05, 0.1) is 5.69 Å². The van der Waals surface area contributed by atoms with Gasteiger partial charge >= 0.3 is 0 Å². The Labute approximate surface area is 168 Å². The van der Waals surface area contributed by atoms with Crippen molar-refractivity contribution in [2.75, 3.05) is 41.3 Å². The van der Waals surface area contributed by atoms with Gasteiger partial charge in [-0.05, 0) is 42.8 Å². The highest BCUT2D eigenvalue weighted by atomic mass is 35.5. The van der Waals surface area contributed by atoms with Crippen LogP contribution in [0.25, 0.3) is 0 Å². The number of nitrogens with zero attached hydrogens (tertiary/aromatic N) is 4. The summed E-state index contributed by atoms with van der Waals surface area (Å²) in [6, 6.07) is 14.4. The molecule has 1 aromatic heterocycles. The zero-order valence-corrected chi connectivity index (χ0v) is 16.3. The molecule has 0 atom stereocenters. The fourth-order valence-electron chi connectivity index (χ4n) is 3.29. The van der Waals surface area contributed by atoms with Crippen LogP contribution in [0.3, 0.4) is 0 Å². The van der Waals surface area contributed by atoms with E-state index in [4.69, 9.17) is 11.6 Å². The summed E-state index contributed by atoms with van der Waals surface area (Å²) in [6.45, 7) is 4.91. The standard InChI is InChI=1S/C21H21ClFN5/c1-15-6-7-16(22)14-18(15)25-20-8-9-24-21(26-20)28-12-10-27(11-13-28)19-5-3-2-4-17(19)23/h2-9,14H,10-13H2,1H3,(H,24,25,26). The van der Waals surface area contributed by atoms with E-state index in [1.807, 2.05) is 43.3 Å². The minimum atomic E-state index is -0.185. The summed E-state index contributed by atoms with van der Waals surface area (Å²) in [5, 5.41) is 3.99. The minimum Gasteiger partial charge on any atom is -0.366 e. The summed E-state index contributed by atoms with van der Waals surface area (Å²) in [5.74, 6) is 1.19. The third kappa shape index (κ3) is 4.02. The van der Waals surface area contributed by atoms with Crippen LogP contribution in [0.5, 0.6) is 0 Å². The molecule has 0 unspecified atom stereocenters. The second kappa shape index (κ2) is 8.02. The van der Waals surface area contributed by atoms with Gasteiger partial charge in [-0.1, -0.05) is 29.8 Å². The van der Waals surface area contributed by atoms with Crippen molar-refractivity contribution >= 4 is 34.7 Å². The molecule has 1 N–H and O–H groups in total. The Hall–Kier alpha value is -2.86. The minimum absolute atomic E-state index is 0.185. The van der Waals surface area contributed by atoms with Crippen LogP contribution in [0, 0.1) is 12.7 Å². The molecule has 28 heavy (non-hydrogen) atoms. The molecule has 1 fully saturated rings. The van der Waals surface area contributed by atoms with Gasteiger partial charge in [0.2, 0.25) is 5.95 Å². The number of anilines is 4. The monoisotopic (exact) mass is 397 g/mol. The van der Waals surface area contributed by atoms with Crippen LogP contribution in [0.15, 0.2) is 54.7 Å². The van der Waals surface area contributed by atoms with Crippen LogP contribution in [0.2, 0.25) is 5.02 Å². The number of hydrogen-bond acceptors (Lipinski definition) is 5. The van der Waals surface area contributed by atoms with Crippen LogP contribution >= 0.6 is 11.6 Å². The van der Waals surface area contributed by atoms with Crippen molar-refractivity contribution in [3.05, 3.63) is 71.1 Å². The highest BCUT2D eigenvalue weighted by Gasteiger charge is 2.21. The van der Waals surface area contributed by atoms with Crippen molar-refractivity contribution in [3.63, 3.8) is 0 Å². The summed E-state index contributed by atoms with van der Waals surface area (Å²) in [5.41, 5.74) is 2.65. The van der Waals surface area contributed by atoms with Crippen LogP contribution in [-0.4, -0.2) is 36.1 Å². The Morgan fingerprint density at radius 1 is 1.00 bits per heavy atom. The molecular formula is C21H21ClFN5. The Bertz CT molecular complexity index is 973. The maximum absolute atomic E-state index is 14.0. The molecular weight excluding hydrogens is 377 g/mol. The molecule has 0 radical (unpaired) electrons. The molecule has 3 aromatic rings. The van der Waals surface area contributed by atoms with Gasteiger partial charge in [-0.15, -0.1) is 0 Å². The number of piperazine rings is 1. The number of benzene rings is 2. The van der Waals surface area contributed by atoms with Crippen molar-refractivity contribution in [2.45, 2.75) is 6.92 Å². The van der Waals surface area contributed by atoms with E-state index in [0.717, 1.165) is 37.4 Å². The number of para-hydroxylation sites is 1. The second-order valence-electron chi connectivity index (χ2n) is 6.75. The SMILES string of the molecule is Cc1ccc(Cl)cc1Nc1ccnc(N2CCN(c3ccccc3F)CC2)n1. The Kier molecular flexibility index (Phi) is 5.30. The molecule has 5 nitrogen and oxygen atoms in total. The zero-order valence-electron chi connectivity index (χ0n) is 15.6. The van der Waals surface area contributed by atoms with Crippen molar-refractivity contribution in [2.24, 2.45) is 0 Å². The lowest BCUT2D eigenvalue weighted by Gasteiger charge is -2.36. The maximum atomic E-state index is 14.0. The molecule has 4 rings (SSSR count). The van der Waals surface area contributed by atoms with Crippen LogP contribution in [0.4, 0.5) is 27.5 Å². The lowest BCUT2D eigenvalue weighted by molar-refractivity contribution is 0.594. The van der Waals surface area contributed by atoms with E-state index >= 15 is 0 Å². The first-order chi connectivity index (χ1) is 13.6. The summed E-state index contributed by atoms with van der Waals surface area (Å²) < 4.78 is 14.0. The smallest absolute Gasteiger partial charge is 0.227 e. The molecule has 0 bridgehead atoms. The highest BCUT2D eigenvalue weighted by Crippen LogP contribution is 2.25. The van der Waals surface area contributed by atoms with Gasteiger partial charge in [0.25, 0.3) is 0 Å². The molecule has 0 spiro atoms. The van der Waals surface area contributed by atoms with Gasteiger partial charge in [-0.2, -0.15) is 4.98 Å². The first-order valence-corrected chi connectivity index (χ1v) is 9.58. The topological polar surface area (TPSA) is 44.3 Å². The van der Waals surface area contributed by atoms with Gasteiger partial charge in [0.15, 0.2) is 0 Å². The molecule has 2 heterocycles. The van der Waals surface area contributed by atoms with E-state index in [1.54, 1.807) is 12.3 Å².